The Labute approximate surface area is 106 Å². The Morgan fingerprint density at radius 1 is 1.18 bits per heavy atom. The van der Waals surface area contributed by atoms with Crippen LogP contribution in [-0.2, 0) is 4.79 Å². The second-order valence-electron chi connectivity index (χ2n) is 6.82. The molecule has 17 heavy (non-hydrogen) atoms. The van der Waals surface area contributed by atoms with E-state index in [-0.39, 0.29) is 17.5 Å². The van der Waals surface area contributed by atoms with E-state index in [1.54, 1.807) is 0 Å². The van der Waals surface area contributed by atoms with Crippen molar-refractivity contribution in [3.63, 3.8) is 0 Å². The van der Waals surface area contributed by atoms with Crippen molar-refractivity contribution in [1.82, 2.24) is 10.2 Å². The molecule has 0 aromatic rings. The molecule has 0 spiro atoms. The van der Waals surface area contributed by atoms with E-state index in [2.05, 4.69) is 38.0 Å². The Bertz CT molecular complexity index is 282. The van der Waals surface area contributed by atoms with Gasteiger partial charge in [0, 0.05) is 12.1 Å². The van der Waals surface area contributed by atoms with Crippen LogP contribution in [0.5, 0.6) is 0 Å². The van der Waals surface area contributed by atoms with Gasteiger partial charge >= 0.3 is 0 Å². The number of likely N-dealkylation sites (tertiary alicyclic amines) is 1. The third kappa shape index (κ3) is 3.44. The van der Waals surface area contributed by atoms with Crippen molar-refractivity contribution < 1.29 is 4.79 Å². The minimum atomic E-state index is -0.149. The van der Waals surface area contributed by atoms with Crippen LogP contribution in [-0.4, -0.2) is 36.0 Å². The predicted molar refractivity (Wildman–Crippen MR) is 71.8 cm³/mol. The Morgan fingerprint density at radius 3 is 2.18 bits per heavy atom. The minimum Gasteiger partial charge on any atom is -0.350 e. The first-order chi connectivity index (χ1) is 7.63. The molecule has 0 saturated carbocycles. The zero-order valence-electron chi connectivity index (χ0n) is 12.4. The standard InChI is InChI=1S/C14H28N2O/c1-9-8-16(7)12(11(3)10(9)2)13(17)15-14(4,5)6/h9-12H,8H2,1-7H3,(H,15,17)/t9-,10-,11-,12+/m1/s1. The maximum absolute atomic E-state index is 12.3. The van der Waals surface area contributed by atoms with Crippen molar-refractivity contribution in [2.75, 3.05) is 13.6 Å². The van der Waals surface area contributed by atoms with Crippen molar-refractivity contribution in [3.05, 3.63) is 0 Å². The first-order valence-electron chi connectivity index (χ1n) is 6.65. The number of likely N-dealkylation sites (N-methyl/N-ethyl adjacent to an activating group) is 1. The van der Waals surface area contributed by atoms with Gasteiger partial charge in [0.25, 0.3) is 0 Å². The lowest BCUT2D eigenvalue weighted by molar-refractivity contribution is -0.132. The first-order valence-corrected chi connectivity index (χ1v) is 6.65. The largest absolute Gasteiger partial charge is 0.350 e. The van der Waals surface area contributed by atoms with Crippen LogP contribution in [0.2, 0.25) is 0 Å². The molecule has 0 aromatic carbocycles. The molecule has 0 radical (unpaired) electrons. The number of nitrogens with zero attached hydrogens (tertiary/aromatic N) is 1. The molecule has 0 aromatic heterocycles. The second-order valence-corrected chi connectivity index (χ2v) is 6.82. The van der Waals surface area contributed by atoms with E-state index < -0.39 is 0 Å². The summed E-state index contributed by atoms with van der Waals surface area (Å²) in [6, 6.07) is 0.0143. The highest BCUT2D eigenvalue weighted by molar-refractivity contribution is 5.82. The molecule has 0 bridgehead atoms. The highest BCUT2D eigenvalue weighted by atomic mass is 16.2. The van der Waals surface area contributed by atoms with E-state index in [4.69, 9.17) is 0 Å². The van der Waals surface area contributed by atoms with Crippen molar-refractivity contribution in [2.24, 2.45) is 17.8 Å². The van der Waals surface area contributed by atoms with Crippen LogP contribution in [0, 0.1) is 17.8 Å². The summed E-state index contributed by atoms with van der Waals surface area (Å²) < 4.78 is 0. The number of hydrogen-bond donors (Lipinski definition) is 1. The SMILES string of the molecule is C[C@@H]1[C@H](C)[C@H](C)CN(C)[C@@H]1C(=O)NC(C)(C)C. The number of carbonyl (C=O) groups excluding carboxylic acids is 1. The zero-order valence-corrected chi connectivity index (χ0v) is 12.4. The van der Waals surface area contributed by atoms with Gasteiger partial charge in [-0.25, -0.2) is 0 Å². The third-order valence-corrected chi connectivity index (χ3v) is 4.04. The van der Waals surface area contributed by atoms with Gasteiger partial charge in [0.1, 0.15) is 0 Å². The number of amides is 1. The fourth-order valence-electron chi connectivity index (χ4n) is 2.82. The van der Waals surface area contributed by atoms with Gasteiger partial charge in [-0.1, -0.05) is 20.8 Å². The molecule has 1 N–H and O–H groups in total. The van der Waals surface area contributed by atoms with Gasteiger partial charge in [0.2, 0.25) is 5.91 Å². The molecule has 1 aliphatic rings. The minimum absolute atomic E-state index is 0.0143. The second kappa shape index (κ2) is 4.97. The molecule has 1 rings (SSSR count). The highest BCUT2D eigenvalue weighted by Gasteiger charge is 2.39. The van der Waals surface area contributed by atoms with Crippen LogP contribution in [0.25, 0.3) is 0 Å². The lowest BCUT2D eigenvalue weighted by atomic mass is 9.76. The van der Waals surface area contributed by atoms with E-state index in [0.717, 1.165) is 6.54 Å². The zero-order chi connectivity index (χ0) is 13.4. The van der Waals surface area contributed by atoms with Gasteiger partial charge in [0.15, 0.2) is 0 Å². The summed E-state index contributed by atoms with van der Waals surface area (Å²) >= 11 is 0. The Balaban J connectivity index is 2.78. The topological polar surface area (TPSA) is 32.3 Å². The summed E-state index contributed by atoms with van der Waals surface area (Å²) in [6.45, 7) is 13.8. The predicted octanol–water partition coefficient (Wildman–Crippen LogP) is 2.12. The van der Waals surface area contributed by atoms with Crippen molar-refractivity contribution in [2.45, 2.75) is 53.1 Å². The van der Waals surface area contributed by atoms with E-state index in [9.17, 15) is 4.79 Å². The summed E-state index contributed by atoms with van der Waals surface area (Å²) in [4.78, 5) is 14.5. The molecule has 1 fully saturated rings. The molecule has 1 amide bonds. The maximum Gasteiger partial charge on any atom is 0.238 e. The molecule has 0 unspecified atom stereocenters. The van der Waals surface area contributed by atoms with Gasteiger partial charge in [-0.15, -0.1) is 0 Å². The van der Waals surface area contributed by atoms with Crippen LogP contribution >= 0.6 is 0 Å². The molecular formula is C14H28N2O. The number of nitrogens with one attached hydrogen (secondary N) is 1. The number of carbonyl (C=O) groups is 1. The van der Waals surface area contributed by atoms with Crippen LogP contribution in [0.15, 0.2) is 0 Å². The number of hydrogen-bond acceptors (Lipinski definition) is 2. The smallest absolute Gasteiger partial charge is 0.238 e. The molecule has 0 aliphatic carbocycles. The molecular weight excluding hydrogens is 212 g/mol. The Hall–Kier alpha value is -0.570. The van der Waals surface area contributed by atoms with Crippen molar-refractivity contribution >= 4 is 5.91 Å². The Morgan fingerprint density at radius 2 is 1.71 bits per heavy atom. The quantitative estimate of drug-likeness (QED) is 0.761. The van der Waals surface area contributed by atoms with Gasteiger partial charge < -0.3 is 5.32 Å². The summed E-state index contributed by atoms with van der Waals surface area (Å²) in [5.74, 6) is 1.84. The molecule has 3 nitrogen and oxygen atoms in total. The van der Waals surface area contributed by atoms with Gasteiger partial charge in [-0.05, 0) is 45.6 Å². The van der Waals surface area contributed by atoms with Gasteiger partial charge in [-0.2, -0.15) is 0 Å². The Kier molecular flexibility index (Phi) is 4.23. The van der Waals surface area contributed by atoms with Crippen LogP contribution < -0.4 is 5.32 Å². The van der Waals surface area contributed by atoms with Gasteiger partial charge in [-0.3, -0.25) is 9.69 Å². The van der Waals surface area contributed by atoms with Crippen molar-refractivity contribution in [1.29, 1.82) is 0 Å². The fourth-order valence-corrected chi connectivity index (χ4v) is 2.82. The number of piperidine rings is 1. The molecule has 1 aliphatic heterocycles. The molecule has 4 atom stereocenters. The van der Waals surface area contributed by atoms with E-state index >= 15 is 0 Å². The van der Waals surface area contributed by atoms with Crippen LogP contribution in [0.4, 0.5) is 0 Å². The normalized spacial score (nSPS) is 35.7. The average molecular weight is 240 g/mol. The number of rotatable bonds is 1. The summed E-state index contributed by atoms with van der Waals surface area (Å²) in [7, 11) is 2.06. The summed E-state index contributed by atoms with van der Waals surface area (Å²) in [5.41, 5.74) is -0.149. The molecule has 1 heterocycles. The highest BCUT2D eigenvalue weighted by Crippen LogP contribution is 2.32. The lowest BCUT2D eigenvalue weighted by Crippen LogP contribution is -2.58. The fraction of sp³-hybridized carbons (Fsp3) is 0.929. The summed E-state index contributed by atoms with van der Waals surface area (Å²) in [6.07, 6.45) is 0. The van der Waals surface area contributed by atoms with Crippen LogP contribution in [0.1, 0.15) is 41.5 Å². The molecule has 1 saturated heterocycles. The molecule has 100 valence electrons. The van der Waals surface area contributed by atoms with Crippen LogP contribution in [0.3, 0.4) is 0 Å². The molecule has 3 heteroatoms. The first kappa shape index (κ1) is 14.5. The summed E-state index contributed by atoms with van der Waals surface area (Å²) in [5, 5.41) is 3.10. The van der Waals surface area contributed by atoms with Gasteiger partial charge in [0.05, 0.1) is 6.04 Å². The van der Waals surface area contributed by atoms with E-state index in [1.165, 1.54) is 0 Å². The monoisotopic (exact) mass is 240 g/mol. The van der Waals surface area contributed by atoms with E-state index in [0.29, 0.717) is 17.8 Å². The lowest BCUT2D eigenvalue weighted by Gasteiger charge is -2.44. The maximum atomic E-state index is 12.3. The van der Waals surface area contributed by atoms with E-state index in [1.807, 2.05) is 20.8 Å². The average Bonchev–Trinajstić information content (AvgIpc) is 2.11. The van der Waals surface area contributed by atoms with Crippen molar-refractivity contribution in [3.8, 4) is 0 Å². The third-order valence-electron chi connectivity index (χ3n) is 4.04.